The SMILES string of the molecule is CN(P)CCCCN(P)I. The van der Waals surface area contributed by atoms with Gasteiger partial charge in [-0.05, 0) is 19.9 Å². The normalized spacial score (nSPS) is 11.4. The Labute approximate surface area is 82.1 Å². The van der Waals surface area contributed by atoms with Crippen molar-refractivity contribution in [3.63, 3.8) is 0 Å². The Morgan fingerprint density at radius 1 is 1.20 bits per heavy atom. The van der Waals surface area contributed by atoms with E-state index < -0.39 is 0 Å². The maximum Gasteiger partial charge on any atom is 0.0238 e. The second kappa shape index (κ2) is 7.17. The van der Waals surface area contributed by atoms with E-state index in [9.17, 15) is 0 Å². The third-order valence-electron chi connectivity index (χ3n) is 1.13. The van der Waals surface area contributed by atoms with E-state index in [4.69, 9.17) is 0 Å². The van der Waals surface area contributed by atoms with Crippen molar-refractivity contribution in [2.45, 2.75) is 12.8 Å². The summed E-state index contributed by atoms with van der Waals surface area (Å²) in [6.07, 6.45) is 2.54. The Bertz CT molecular complexity index is 70.0. The Balaban J connectivity index is 2.91. The molecule has 2 nitrogen and oxygen atoms in total. The molecular weight excluding hydrogens is 277 g/mol. The second-order valence-electron chi connectivity index (χ2n) is 2.31. The van der Waals surface area contributed by atoms with Gasteiger partial charge in [-0.3, -0.25) is 4.67 Å². The van der Waals surface area contributed by atoms with E-state index in [0.29, 0.717) is 0 Å². The molecule has 0 aliphatic heterocycles. The number of hydrogen-bond acceptors (Lipinski definition) is 2. The molecule has 0 bridgehead atoms. The molecule has 0 saturated carbocycles. The molecule has 0 fully saturated rings. The van der Waals surface area contributed by atoms with Gasteiger partial charge in [0.15, 0.2) is 0 Å². The second-order valence-corrected chi connectivity index (χ2v) is 6.11. The number of hydrogen-bond donors (Lipinski definition) is 0. The molecule has 2 atom stereocenters. The minimum Gasteiger partial charge on any atom is -0.290 e. The first-order valence-electron chi connectivity index (χ1n) is 3.27. The van der Waals surface area contributed by atoms with Crippen molar-refractivity contribution >= 4 is 41.6 Å². The van der Waals surface area contributed by atoms with E-state index in [1.165, 1.54) is 19.4 Å². The van der Waals surface area contributed by atoms with Crippen molar-refractivity contribution in [2.75, 3.05) is 20.1 Å². The smallest absolute Gasteiger partial charge is 0.0238 e. The summed E-state index contributed by atoms with van der Waals surface area (Å²) in [4.78, 5) is 0. The van der Waals surface area contributed by atoms with Gasteiger partial charge in [0, 0.05) is 36.0 Å². The summed E-state index contributed by atoms with van der Waals surface area (Å²) in [5.74, 6) is 0. The fourth-order valence-corrected chi connectivity index (χ4v) is 1.33. The van der Waals surface area contributed by atoms with Crippen LogP contribution < -0.4 is 0 Å². The number of rotatable bonds is 5. The van der Waals surface area contributed by atoms with Crippen LogP contribution in [0.25, 0.3) is 0 Å². The standard InChI is InChI=1S/C5H15IN2P2/c1-7(9)4-2-3-5-8(6)10/h2-5,9-10H2,1H3. The molecule has 0 heterocycles. The minimum absolute atomic E-state index is 1.16. The molecule has 0 aromatic carbocycles. The third-order valence-corrected chi connectivity index (χ3v) is 2.13. The summed E-state index contributed by atoms with van der Waals surface area (Å²) in [5.41, 5.74) is 0. The summed E-state index contributed by atoms with van der Waals surface area (Å²) in [6.45, 7) is 2.32. The lowest BCUT2D eigenvalue weighted by molar-refractivity contribution is 0.516. The largest absolute Gasteiger partial charge is 0.290 e. The van der Waals surface area contributed by atoms with E-state index in [-0.39, 0.29) is 0 Å². The highest BCUT2D eigenvalue weighted by atomic mass is 127. The molecule has 0 spiro atoms. The van der Waals surface area contributed by atoms with Crippen LogP contribution in [0.5, 0.6) is 0 Å². The molecular formula is C5H15IN2P2. The highest BCUT2D eigenvalue weighted by molar-refractivity contribution is 14.1. The molecule has 5 heteroatoms. The van der Waals surface area contributed by atoms with Gasteiger partial charge >= 0.3 is 0 Å². The number of unbranched alkanes of at least 4 members (excludes halogenated alkanes) is 1. The van der Waals surface area contributed by atoms with Crippen LogP contribution in [0.15, 0.2) is 0 Å². The zero-order valence-electron chi connectivity index (χ0n) is 6.26. The van der Waals surface area contributed by atoms with E-state index in [0.717, 1.165) is 6.54 Å². The summed E-state index contributed by atoms with van der Waals surface area (Å²) in [6, 6.07) is 0. The Morgan fingerprint density at radius 3 is 2.10 bits per heavy atom. The zero-order valence-corrected chi connectivity index (χ0v) is 10.7. The number of halogens is 1. The summed E-state index contributed by atoms with van der Waals surface area (Å²) < 4.78 is 4.25. The molecule has 0 N–H and O–H groups in total. The van der Waals surface area contributed by atoms with Gasteiger partial charge in [-0.15, -0.1) is 0 Å². The molecule has 62 valence electrons. The summed E-state index contributed by atoms with van der Waals surface area (Å²) in [5, 5.41) is 0. The predicted molar refractivity (Wildman–Crippen MR) is 62.0 cm³/mol. The molecule has 0 aliphatic rings. The predicted octanol–water partition coefficient (Wildman–Crippen LogP) is 1.93. The van der Waals surface area contributed by atoms with Crippen LogP contribution >= 0.6 is 41.6 Å². The van der Waals surface area contributed by atoms with Crippen molar-refractivity contribution in [3.05, 3.63) is 0 Å². The van der Waals surface area contributed by atoms with Crippen molar-refractivity contribution in [3.8, 4) is 0 Å². The Morgan fingerprint density at radius 2 is 1.70 bits per heavy atom. The first kappa shape index (κ1) is 11.5. The Kier molecular flexibility index (Phi) is 8.26. The first-order valence-corrected chi connectivity index (χ1v) is 5.26. The molecule has 0 saturated heterocycles. The maximum atomic E-state index is 2.66. The number of nitrogens with zero attached hydrogens (tertiary/aromatic N) is 2. The van der Waals surface area contributed by atoms with Gasteiger partial charge in [0.05, 0.1) is 0 Å². The van der Waals surface area contributed by atoms with Crippen molar-refractivity contribution < 1.29 is 0 Å². The Hall–Kier alpha value is 1.51. The maximum absolute atomic E-state index is 2.66. The van der Waals surface area contributed by atoms with Crippen LogP contribution in [-0.4, -0.2) is 27.7 Å². The average molecular weight is 292 g/mol. The van der Waals surface area contributed by atoms with E-state index in [2.05, 4.69) is 56.2 Å². The van der Waals surface area contributed by atoms with Crippen LogP contribution in [0, 0.1) is 0 Å². The van der Waals surface area contributed by atoms with Gasteiger partial charge in [0.1, 0.15) is 0 Å². The van der Waals surface area contributed by atoms with Gasteiger partial charge in [-0.2, -0.15) is 0 Å². The third kappa shape index (κ3) is 9.51. The van der Waals surface area contributed by atoms with Gasteiger partial charge in [0.2, 0.25) is 0 Å². The fraction of sp³-hybridized carbons (Fsp3) is 1.00. The fourth-order valence-electron chi connectivity index (χ4n) is 0.624. The summed E-state index contributed by atoms with van der Waals surface area (Å²) >= 11 is 2.28. The van der Waals surface area contributed by atoms with Crippen molar-refractivity contribution in [2.24, 2.45) is 0 Å². The molecule has 0 aromatic rings. The highest BCUT2D eigenvalue weighted by Gasteiger charge is 1.93. The van der Waals surface area contributed by atoms with Crippen molar-refractivity contribution in [1.29, 1.82) is 0 Å². The van der Waals surface area contributed by atoms with Crippen LogP contribution in [0.4, 0.5) is 0 Å². The van der Waals surface area contributed by atoms with Crippen LogP contribution in [0.1, 0.15) is 12.8 Å². The average Bonchev–Trinajstić information content (AvgIpc) is 1.79. The quantitative estimate of drug-likeness (QED) is 0.331. The lowest BCUT2D eigenvalue weighted by Gasteiger charge is -2.10. The van der Waals surface area contributed by atoms with Gasteiger partial charge < -0.3 is 0 Å². The highest BCUT2D eigenvalue weighted by Crippen LogP contribution is 2.08. The molecule has 0 aromatic heterocycles. The van der Waals surface area contributed by atoms with Gasteiger partial charge in [-0.1, -0.05) is 18.8 Å². The monoisotopic (exact) mass is 292 g/mol. The van der Waals surface area contributed by atoms with Crippen LogP contribution in [-0.2, 0) is 0 Å². The van der Waals surface area contributed by atoms with Gasteiger partial charge in [-0.25, -0.2) is 2.88 Å². The molecule has 0 amide bonds. The lowest BCUT2D eigenvalue weighted by Crippen LogP contribution is -2.07. The van der Waals surface area contributed by atoms with E-state index in [1.54, 1.807) is 0 Å². The van der Waals surface area contributed by atoms with Crippen LogP contribution in [0.3, 0.4) is 0 Å². The summed E-state index contributed by atoms with van der Waals surface area (Å²) in [7, 11) is 7.40. The zero-order chi connectivity index (χ0) is 7.98. The molecule has 0 radical (unpaired) electrons. The van der Waals surface area contributed by atoms with Crippen LogP contribution in [0.2, 0.25) is 0 Å². The van der Waals surface area contributed by atoms with Crippen molar-refractivity contribution in [1.82, 2.24) is 7.55 Å². The van der Waals surface area contributed by atoms with E-state index in [1.807, 2.05) is 0 Å². The molecule has 0 aliphatic carbocycles. The molecule has 2 unspecified atom stereocenters. The van der Waals surface area contributed by atoms with E-state index >= 15 is 0 Å². The molecule has 0 rings (SSSR count). The molecule has 10 heavy (non-hydrogen) atoms. The lowest BCUT2D eigenvalue weighted by atomic mass is 10.3. The topological polar surface area (TPSA) is 6.48 Å². The first-order chi connectivity index (χ1) is 4.63. The minimum atomic E-state index is 1.16. The van der Waals surface area contributed by atoms with Gasteiger partial charge in [0.25, 0.3) is 0 Å².